The van der Waals surface area contributed by atoms with Gasteiger partial charge < -0.3 is 40.2 Å². The monoisotopic (exact) mass is 464 g/mol. The second-order valence-corrected chi connectivity index (χ2v) is 9.60. The number of aliphatic hydroxyl groups is 3. The van der Waals surface area contributed by atoms with Crippen LogP contribution < -0.4 is 10.6 Å². The molecule has 184 valence electrons. The van der Waals surface area contributed by atoms with Crippen molar-refractivity contribution in [3.63, 3.8) is 0 Å². The van der Waals surface area contributed by atoms with E-state index < -0.39 is 54.5 Å². The molecule has 0 spiro atoms. The Morgan fingerprint density at radius 1 is 1.15 bits per heavy atom. The minimum absolute atomic E-state index is 0.161. The number of ether oxygens (including phenoxy) is 3. The van der Waals surface area contributed by atoms with Gasteiger partial charge in [-0.1, -0.05) is 36.8 Å². The van der Waals surface area contributed by atoms with Crippen molar-refractivity contribution in [2.75, 3.05) is 7.05 Å². The summed E-state index contributed by atoms with van der Waals surface area (Å²) in [6, 6.07) is 6.33. The summed E-state index contributed by atoms with van der Waals surface area (Å²) in [4.78, 5) is 12.8. The van der Waals surface area contributed by atoms with E-state index in [0.29, 0.717) is 12.8 Å². The summed E-state index contributed by atoms with van der Waals surface area (Å²) in [5, 5.41) is 39.2. The zero-order valence-corrected chi connectivity index (χ0v) is 19.6. The second kappa shape index (κ2) is 9.58. The summed E-state index contributed by atoms with van der Waals surface area (Å²) in [5.41, 5.74) is 1.97. The van der Waals surface area contributed by atoms with Crippen molar-refractivity contribution in [3.05, 3.63) is 35.4 Å². The second-order valence-electron chi connectivity index (χ2n) is 9.60. The minimum atomic E-state index is -1.97. The molecule has 0 bridgehead atoms. The predicted molar refractivity (Wildman–Crippen MR) is 119 cm³/mol. The third kappa shape index (κ3) is 4.55. The molecule has 0 aromatic heterocycles. The molecule has 33 heavy (non-hydrogen) atoms. The van der Waals surface area contributed by atoms with Crippen molar-refractivity contribution >= 4 is 5.91 Å². The third-order valence-electron chi connectivity index (χ3n) is 7.25. The number of rotatable bonds is 5. The fraction of sp³-hybridized carbons (Fsp3) is 0.708. The van der Waals surface area contributed by atoms with E-state index >= 15 is 0 Å². The number of carbonyl (C=O) groups excluding carboxylic acids is 1. The van der Waals surface area contributed by atoms with E-state index in [2.05, 4.69) is 10.6 Å². The number of benzene rings is 1. The summed E-state index contributed by atoms with van der Waals surface area (Å²) in [5.74, 6) is -2.63. The molecule has 2 heterocycles. The van der Waals surface area contributed by atoms with Gasteiger partial charge in [0.25, 0.3) is 0 Å². The lowest BCUT2D eigenvalue weighted by Gasteiger charge is -2.58. The number of amides is 1. The molecule has 3 unspecified atom stereocenters. The van der Waals surface area contributed by atoms with Crippen LogP contribution >= 0.6 is 0 Å². The highest BCUT2D eigenvalue weighted by atomic mass is 16.8. The van der Waals surface area contributed by atoms with Gasteiger partial charge >= 0.3 is 0 Å². The van der Waals surface area contributed by atoms with Gasteiger partial charge in [0, 0.05) is 5.92 Å². The fourth-order valence-electron chi connectivity index (χ4n) is 5.38. The SMILES string of the molecule is CC[C@@H]1[C@H](O)[C@H](NC)C2O[C@]3(O)C(OC2[C@H]1O)O[C@H](C)C[C@H]3NC(=O)Cc1ccc(C)cc1. The van der Waals surface area contributed by atoms with Gasteiger partial charge in [-0.05, 0) is 39.3 Å². The van der Waals surface area contributed by atoms with Crippen molar-refractivity contribution in [2.45, 2.75) is 94.7 Å². The predicted octanol–water partition coefficient (Wildman–Crippen LogP) is -0.0206. The Balaban J connectivity index is 1.55. The molecule has 1 aliphatic carbocycles. The minimum Gasteiger partial charge on any atom is -0.391 e. The molecule has 4 rings (SSSR count). The number of carbonyl (C=O) groups is 1. The van der Waals surface area contributed by atoms with Gasteiger partial charge in [-0.3, -0.25) is 4.79 Å². The third-order valence-corrected chi connectivity index (χ3v) is 7.25. The lowest BCUT2D eigenvalue weighted by Crippen LogP contribution is -2.77. The van der Waals surface area contributed by atoms with Crippen molar-refractivity contribution < 1.29 is 34.3 Å². The number of aryl methyl sites for hydroxylation is 1. The Morgan fingerprint density at radius 2 is 1.85 bits per heavy atom. The highest BCUT2D eigenvalue weighted by Crippen LogP contribution is 2.43. The van der Waals surface area contributed by atoms with E-state index in [1.807, 2.05) is 45.0 Å². The van der Waals surface area contributed by atoms with Gasteiger partial charge in [-0.15, -0.1) is 0 Å². The van der Waals surface area contributed by atoms with E-state index in [9.17, 15) is 20.1 Å². The largest absolute Gasteiger partial charge is 0.391 e. The lowest BCUT2D eigenvalue weighted by molar-refractivity contribution is -0.450. The van der Waals surface area contributed by atoms with Gasteiger partial charge in [-0.2, -0.15) is 0 Å². The van der Waals surface area contributed by atoms with Crippen LogP contribution in [0.1, 0.15) is 37.8 Å². The molecule has 1 aromatic rings. The van der Waals surface area contributed by atoms with Gasteiger partial charge in [-0.25, -0.2) is 0 Å². The molecular weight excluding hydrogens is 428 g/mol. The number of aliphatic hydroxyl groups excluding tert-OH is 2. The molecule has 1 saturated carbocycles. The van der Waals surface area contributed by atoms with Crippen LogP contribution in [0.15, 0.2) is 24.3 Å². The molecule has 1 aromatic carbocycles. The zero-order valence-electron chi connectivity index (χ0n) is 19.6. The van der Waals surface area contributed by atoms with Crippen LogP contribution in [0, 0.1) is 12.8 Å². The van der Waals surface area contributed by atoms with Gasteiger partial charge in [0.1, 0.15) is 12.2 Å². The highest BCUT2D eigenvalue weighted by molar-refractivity contribution is 5.79. The zero-order chi connectivity index (χ0) is 23.9. The number of hydrogen-bond donors (Lipinski definition) is 5. The van der Waals surface area contributed by atoms with E-state index in [0.717, 1.165) is 11.1 Å². The quantitative estimate of drug-likeness (QED) is 0.411. The Kier molecular flexibility index (Phi) is 7.12. The van der Waals surface area contributed by atoms with Crippen LogP contribution in [0.2, 0.25) is 0 Å². The standard InChI is InChI=1S/C24H36N2O7/c1-5-15-19(28)18(25-4)21-22(20(15)29)32-23-24(30,33-21)16(10-13(3)31-23)26-17(27)11-14-8-6-12(2)7-9-14/h6-9,13,15-16,18-23,25,28-30H,5,10-11H2,1-4H3,(H,26,27)/t13-,15-,16-,18+,19+,20+,21?,22?,23?,24+/m1/s1. The topological polar surface area (TPSA) is 130 Å². The maximum Gasteiger partial charge on any atom is 0.239 e. The van der Waals surface area contributed by atoms with Crippen LogP contribution in [-0.4, -0.2) is 83.0 Å². The Hall–Kier alpha value is -1.59. The molecular formula is C24H36N2O7. The first-order chi connectivity index (χ1) is 15.7. The molecule has 3 aliphatic rings. The molecule has 2 saturated heterocycles. The van der Waals surface area contributed by atoms with Crippen molar-refractivity contribution in [2.24, 2.45) is 5.92 Å². The van der Waals surface area contributed by atoms with Gasteiger partial charge in [0.05, 0.1) is 36.8 Å². The summed E-state index contributed by atoms with van der Waals surface area (Å²) < 4.78 is 18.1. The van der Waals surface area contributed by atoms with Crippen molar-refractivity contribution in [1.82, 2.24) is 10.6 Å². The van der Waals surface area contributed by atoms with E-state index in [1.54, 1.807) is 7.05 Å². The smallest absolute Gasteiger partial charge is 0.239 e. The maximum atomic E-state index is 12.8. The molecule has 9 heteroatoms. The summed E-state index contributed by atoms with van der Waals surface area (Å²) >= 11 is 0. The average molecular weight is 465 g/mol. The molecule has 1 amide bonds. The van der Waals surface area contributed by atoms with Gasteiger partial charge in [0.2, 0.25) is 18.0 Å². The first-order valence-electron chi connectivity index (χ1n) is 11.8. The lowest BCUT2D eigenvalue weighted by atomic mass is 9.74. The fourth-order valence-corrected chi connectivity index (χ4v) is 5.38. The summed E-state index contributed by atoms with van der Waals surface area (Å²) in [6.45, 7) is 5.71. The van der Waals surface area contributed by atoms with E-state index in [4.69, 9.17) is 14.2 Å². The van der Waals surface area contributed by atoms with Gasteiger partial charge in [0.15, 0.2) is 0 Å². The molecule has 3 fully saturated rings. The van der Waals surface area contributed by atoms with E-state index in [1.165, 1.54) is 0 Å². The molecule has 10 atom stereocenters. The summed E-state index contributed by atoms with van der Waals surface area (Å²) in [6.07, 6.45) is -3.97. The molecule has 2 aliphatic heterocycles. The molecule has 0 radical (unpaired) electrons. The first kappa shape index (κ1) is 24.5. The maximum absolute atomic E-state index is 12.8. The summed E-state index contributed by atoms with van der Waals surface area (Å²) in [7, 11) is 1.69. The van der Waals surface area contributed by atoms with Crippen LogP contribution in [-0.2, 0) is 25.4 Å². The first-order valence-corrected chi connectivity index (χ1v) is 11.8. The average Bonchev–Trinajstić information content (AvgIpc) is 2.76. The van der Waals surface area contributed by atoms with Crippen LogP contribution in [0.25, 0.3) is 0 Å². The number of nitrogens with one attached hydrogen (secondary N) is 2. The van der Waals surface area contributed by atoms with Crippen LogP contribution in [0.5, 0.6) is 0 Å². The highest BCUT2D eigenvalue weighted by Gasteiger charge is 2.63. The Morgan fingerprint density at radius 3 is 2.48 bits per heavy atom. The number of hydrogen-bond acceptors (Lipinski definition) is 8. The molecule has 5 N–H and O–H groups in total. The Labute approximate surface area is 194 Å². The van der Waals surface area contributed by atoms with Crippen LogP contribution in [0.4, 0.5) is 0 Å². The van der Waals surface area contributed by atoms with Crippen LogP contribution in [0.3, 0.4) is 0 Å². The number of fused-ring (bicyclic) bond motifs is 2. The normalized spacial score (nSPS) is 42.8. The molecule has 9 nitrogen and oxygen atoms in total. The van der Waals surface area contributed by atoms with Crippen molar-refractivity contribution in [1.29, 1.82) is 0 Å². The van der Waals surface area contributed by atoms with E-state index in [-0.39, 0.29) is 18.4 Å². The Bertz CT molecular complexity index is 837. The number of likely N-dealkylation sites (N-methyl/N-ethyl adjacent to an activating group) is 1. The van der Waals surface area contributed by atoms with Crippen molar-refractivity contribution in [3.8, 4) is 0 Å².